The maximum Gasteiger partial charge on any atom is 0.306 e. The molecule has 0 saturated heterocycles. The summed E-state index contributed by atoms with van der Waals surface area (Å²) in [6.07, 6.45) is 78.0. The smallest absolute Gasteiger partial charge is 0.306 e. The third kappa shape index (κ3) is 51.9. The van der Waals surface area contributed by atoms with Crippen LogP contribution in [0.25, 0.3) is 0 Å². The van der Waals surface area contributed by atoms with Crippen LogP contribution in [0.15, 0.2) is 158 Å². The van der Waals surface area contributed by atoms with E-state index >= 15 is 0 Å². The van der Waals surface area contributed by atoms with Gasteiger partial charge >= 0.3 is 17.9 Å². The van der Waals surface area contributed by atoms with Crippen molar-refractivity contribution < 1.29 is 28.6 Å². The van der Waals surface area contributed by atoms with Gasteiger partial charge in [-0.25, -0.2) is 0 Å². The van der Waals surface area contributed by atoms with Gasteiger partial charge in [0.15, 0.2) is 6.10 Å². The monoisotopic (exact) mass is 921 g/mol. The van der Waals surface area contributed by atoms with Crippen molar-refractivity contribution in [2.45, 2.75) is 194 Å². The van der Waals surface area contributed by atoms with Crippen molar-refractivity contribution in [1.82, 2.24) is 0 Å². The summed E-state index contributed by atoms with van der Waals surface area (Å²) < 4.78 is 16.7. The van der Waals surface area contributed by atoms with Crippen molar-refractivity contribution in [3.63, 3.8) is 0 Å². The predicted octanol–water partition coefficient (Wildman–Crippen LogP) is 17.4. The molecule has 0 aromatic rings. The lowest BCUT2D eigenvalue weighted by Crippen LogP contribution is -2.30. The molecular weight excluding hydrogens is 829 g/mol. The van der Waals surface area contributed by atoms with E-state index in [0.717, 1.165) is 96.3 Å². The second-order valence-corrected chi connectivity index (χ2v) is 16.5. The molecule has 0 aromatic carbocycles. The van der Waals surface area contributed by atoms with E-state index in [2.05, 4.69) is 106 Å². The van der Waals surface area contributed by atoms with Gasteiger partial charge in [-0.15, -0.1) is 0 Å². The highest BCUT2D eigenvalue weighted by Crippen LogP contribution is 2.13. The molecule has 0 rings (SSSR count). The van der Waals surface area contributed by atoms with Crippen LogP contribution in [-0.2, 0) is 28.6 Å². The van der Waals surface area contributed by atoms with Crippen LogP contribution in [0.3, 0.4) is 0 Å². The number of hydrogen-bond donors (Lipinski definition) is 0. The van der Waals surface area contributed by atoms with Crippen LogP contribution in [-0.4, -0.2) is 37.2 Å². The van der Waals surface area contributed by atoms with Crippen LogP contribution in [0.2, 0.25) is 0 Å². The Kier molecular flexibility index (Phi) is 49.7. The normalized spacial score (nSPS) is 13.4. The minimum Gasteiger partial charge on any atom is -0.462 e. The van der Waals surface area contributed by atoms with Gasteiger partial charge in [-0.3, -0.25) is 14.4 Å². The summed E-state index contributed by atoms with van der Waals surface area (Å²) in [6, 6.07) is 0. The summed E-state index contributed by atoms with van der Waals surface area (Å²) in [6.45, 7) is 6.14. The Hall–Kier alpha value is -4.97. The molecule has 6 nitrogen and oxygen atoms in total. The molecule has 0 amide bonds. The standard InChI is InChI=1S/C61H92O6/c1-4-7-10-13-16-19-22-24-26-28-30-32-34-36-39-42-45-48-51-54-60(63)66-57-58(56-65-59(62)53-50-47-44-41-38-21-18-15-12-9-6-3)67-61(64)55-52-49-46-43-40-37-35-33-31-29-27-25-23-20-17-14-11-8-5-2/h7-13,16-22,24-28,30,32,34,36,39,41,44,58H,4-6,14-15,23,29,31,33,35,37-38,40,42-43,45-57H2,1-3H3/b10-7-,11-8-,12-9-,16-13-,20-17-,21-18-,22-19-,26-24-,27-25-,30-28+,34-32-,39-36-,44-41-. The molecule has 0 radical (unpaired) electrons. The number of hydrogen-bond acceptors (Lipinski definition) is 6. The molecule has 0 heterocycles. The van der Waals surface area contributed by atoms with Crippen molar-refractivity contribution in [3.8, 4) is 0 Å². The van der Waals surface area contributed by atoms with Gasteiger partial charge in [0, 0.05) is 19.3 Å². The lowest BCUT2D eigenvalue weighted by Gasteiger charge is -2.18. The molecule has 0 spiro atoms. The molecule has 0 aliphatic heterocycles. The topological polar surface area (TPSA) is 78.9 Å². The lowest BCUT2D eigenvalue weighted by molar-refractivity contribution is -0.167. The number of allylic oxidation sites excluding steroid dienone is 26. The number of carbonyl (C=O) groups excluding carboxylic acids is 3. The zero-order valence-electron chi connectivity index (χ0n) is 42.3. The van der Waals surface area contributed by atoms with Crippen LogP contribution in [0, 0.1) is 0 Å². The van der Waals surface area contributed by atoms with Crippen molar-refractivity contribution in [2.75, 3.05) is 13.2 Å². The van der Waals surface area contributed by atoms with Gasteiger partial charge in [0.1, 0.15) is 13.2 Å². The second kappa shape index (κ2) is 53.6. The molecule has 0 aliphatic carbocycles. The number of esters is 3. The van der Waals surface area contributed by atoms with Gasteiger partial charge in [-0.05, 0) is 96.3 Å². The largest absolute Gasteiger partial charge is 0.462 e. The Labute approximate surface area is 409 Å². The quantitative estimate of drug-likeness (QED) is 0.0199. The van der Waals surface area contributed by atoms with Crippen molar-refractivity contribution in [3.05, 3.63) is 158 Å². The Morgan fingerprint density at radius 3 is 1.09 bits per heavy atom. The van der Waals surface area contributed by atoms with E-state index in [1.165, 1.54) is 38.5 Å². The van der Waals surface area contributed by atoms with E-state index in [4.69, 9.17) is 14.2 Å². The van der Waals surface area contributed by atoms with E-state index in [1.807, 2.05) is 72.9 Å². The molecule has 1 atom stereocenters. The van der Waals surface area contributed by atoms with E-state index in [0.29, 0.717) is 19.3 Å². The first-order valence-corrected chi connectivity index (χ1v) is 26.1. The second-order valence-electron chi connectivity index (χ2n) is 16.5. The van der Waals surface area contributed by atoms with E-state index in [-0.39, 0.29) is 44.0 Å². The molecule has 0 saturated carbocycles. The van der Waals surface area contributed by atoms with Crippen LogP contribution < -0.4 is 0 Å². The molecule has 0 bridgehead atoms. The highest BCUT2D eigenvalue weighted by Gasteiger charge is 2.19. The maximum absolute atomic E-state index is 12.8. The van der Waals surface area contributed by atoms with E-state index < -0.39 is 6.10 Å². The minimum absolute atomic E-state index is 0.128. The molecule has 0 N–H and O–H groups in total. The van der Waals surface area contributed by atoms with Crippen LogP contribution >= 0.6 is 0 Å². The highest BCUT2D eigenvalue weighted by atomic mass is 16.6. The van der Waals surface area contributed by atoms with Crippen molar-refractivity contribution in [2.24, 2.45) is 0 Å². The SMILES string of the molecule is CC\C=C/C=C\C=C/C=C\C=C\C=C/C=C\CCCCCC(=O)OCC(COC(=O)CCC/C=C\C/C=C\C/C=C\CC)OC(=O)CCCCCCCCCCC/C=C\C/C=C\C/C=C\CC. The molecular formula is C61H92O6. The summed E-state index contributed by atoms with van der Waals surface area (Å²) in [7, 11) is 0. The summed E-state index contributed by atoms with van der Waals surface area (Å²) in [5, 5.41) is 0. The third-order valence-corrected chi connectivity index (χ3v) is 10.2. The molecule has 0 aliphatic rings. The minimum atomic E-state index is -0.828. The number of carbonyl (C=O) groups is 3. The van der Waals surface area contributed by atoms with E-state index in [9.17, 15) is 14.4 Å². The molecule has 6 heteroatoms. The zero-order chi connectivity index (χ0) is 48.6. The first-order chi connectivity index (χ1) is 33.0. The van der Waals surface area contributed by atoms with Crippen LogP contribution in [0.1, 0.15) is 188 Å². The average molecular weight is 921 g/mol. The van der Waals surface area contributed by atoms with E-state index in [1.54, 1.807) is 0 Å². The van der Waals surface area contributed by atoms with Gasteiger partial charge in [0.2, 0.25) is 0 Å². The predicted molar refractivity (Wildman–Crippen MR) is 288 cm³/mol. The molecule has 0 aromatic heterocycles. The fourth-order valence-corrected chi connectivity index (χ4v) is 6.40. The first-order valence-electron chi connectivity index (χ1n) is 26.1. The van der Waals surface area contributed by atoms with Crippen LogP contribution in [0.4, 0.5) is 0 Å². The number of ether oxygens (including phenoxy) is 3. The van der Waals surface area contributed by atoms with Crippen molar-refractivity contribution in [1.29, 1.82) is 0 Å². The lowest BCUT2D eigenvalue weighted by atomic mass is 10.1. The molecule has 0 fully saturated rings. The Morgan fingerprint density at radius 1 is 0.313 bits per heavy atom. The molecule has 1 unspecified atom stereocenters. The van der Waals surface area contributed by atoms with Crippen molar-refractivity contribution >= 4 is 17.9 Å². The summed E-state index contributed by atoms with van der Waals surface area (Å²) in [5.41, 5.74) is 0. The number of rotatable bonds is 44. The fourth-order valence-electron chi connectivity index (χ4n) is 6.40. The molecule has 372 valence electrons. The average Bonchev–Trinajstić information content (AvgIpc) is 3.33. The van der Waals surface area contributed by atoms with Gasteiger partial charge in [-0.2, -0.15) is 0 Å². The summed E-state index contributed by atoms with van der Waals surface area (Å²) in [4.78, 5) is 38.0. The van der Waals surface area contributed by atoms with Crippen LogP contribution in [0.5, 0.6) is 0 Å². The van der Waals surface area contributed by atoms with Gasteiger partial charge < -0.3 is 14.2 Å². The Balaban J connectivity index is 4.54. The Morgan fingerprint density at radius 2 is 0.627 bits per heavy atom. The van der Waals surface area contributed by atoms with Gasteiger partial charge in [-0.1, -0.05) is 230 Å². The molecule has 67 heavy (non-hydrogen) atoms. The Bertz CT molecular complexity index is 1570. The maximum atomic E-state index is 12.8. The zero-order valence-corrected chi connectivity index (χ0v) is 42.3. The fraction of sp³-hybridized carbons (Fsp3) is 0.525. The first kappa shape index (κ1) is 62.0. The summed E-state index contributed by atoms with van der Waals surface area (Å²) >= 11 is 0. The summed E-state index contributed by atoms with van der Waals surface area (Å²) in [5.74, 6) is -1.04. The number of unbranched alkanes of at least 4 members (excludes halogenated alkanes) is 13. The van der Waals surface area contributed by atoms with Gasteiger partial charge in [0.05, 0.1) is 0 Å². The van der Waals surface area contributed by atoms with Gasteiger partial charge in [0.25, 0.3) is 0 Å². The third-order valence-electron chi connectivity index (χ3n) is 10.2. The highest BCUT2D eigenvalue weighted by molar-refractivity contribution is 5.71.